The lowest BCUT2D eigenvalue weighted by Crippen LogP contribution is -2.23. The van der Waals surface area contributed by atoms with Crippen molar-refractivity contribution in [2.75, 3.05) is 13.7 Å². The third kappa shape index (κ3) is 4.63. The molecule has 132 valence electrons. The van der Waals surface area contributed by atoms with E-state index in [0.29, 0.717) is 24.5 Å². The summed E-state index contributed by atoms with van der Waals surface area (Å²) in [6.07, 6.45) is 1.65. The summed E-state index contributed by atoms with van der Waals surface area (Å²) < 4.78 is 11.4. The van der Waals surface area contributed by atoms with Crippen LogP contribution in [0.25, 0.3) is 0 Å². The predicted octanol–water partition coefficient (Wildman–Crippen LogP) is 4.12. The molecule has 0 aliphatic carbocycles. The van der Waals surface area contributed by atoms with Gasteiger partial charge in [-0.3, -0.25) is 4.79 Å². The van der Waals surface area contributed by atoms with Crippen LogP contribution in [0, 0.1) is 20.8 Å². The minimum absolute atomic E-state index is 0.147. The number of benzene rings is 2. The molecule has 25 heavy (non-hydrogen) atoms. The number of nitrogens with one attached hydrogen (secondary N) is 1. The van der Waals surface area contributed by atoms with Gasteiger partial charge in [0.05, 0.1) is 7.11 Å². The van der Waals surface area contributed by atoms with Crippen LogP contribution in [0.4, 0.5) is 0 Å². The van der Waals surface area contributed by atoms with E-state index in [-0.39, 0.29) is 5.91 Å². The van der Waals surface area contributed by atoms with Crippen LogP contribution in [-0.2, 0) is 6.61 Å². The molecular formula is C21H25NO3. The number of amides is 1. The van der Waals surface area contributed by atoms with Crippen molar-refractivity contribution in [3.8, 4) is 11.5 Å². The number of hydrogen-bond donors (Lipinski definition) is 1. The fourth-order valence-electron chi connectivity index (χ4n) is 2.61. The quantitative estimate of drug-likeness (QED) is 0.772. The van der Waals surface area contributed by atoms with Crippen molar-refractivity contribution in [3.05, 3.63) is 70.8 Å². The highest BCUT2D eigenvalue weighted by molar-refractivity contribution is 5.94. The smallest absolute Gasteiger partial charge is 0.251 e. The van der Waals surface area contributed by atoms with Crippen LogP contribution >= 0.6 is 0 Å². The first kappa shape index (κ1) is 18.6. The molecule has 0 saturated carbocycles. The van der Waals surface area contributed by atoms with Crippen LogP contribution in [0.15, 0.2) is 43.0 Å². The Balaban J connectivity index is 2.23. The van der Waals surface area contributed by atoms with Gasteiger partial charge in [-0.1, -0.05) is 12.1 Å². The monoisotopic (exact) mass is 339 g/mol. The standard InChI is InChI=1S/C21H25NO3/c1-6-9-22-21(23)17-7-8-19(24-5)18(12-17)13-25-20-11-14(2)10-15(3)16(20)4/h6-8,10-12H,1,9,13H2,2-5H3,(H,22,23). The molecule has 0 aliphatic rings. The Hall–Kier alpha value is -2.75. The molecular weight excluding hydrogens is 314 g/mol. The normalized spacial score (nSPS) is 10.2. The molecule has 0 aliphatic heterocycles. The number of hydrogen-bond acceptors (Lipinski definition) is 3. The lowest BCUT2D eigenvalue weighted by atomic mass is 10.1. The highest BCUT2D eigenvalue weighted by Gasteiger charge is 2.11. The zero-order valence-corrected chi connectivity index (χ0v) is 15.3. The van der Waals surface area contributed by atoms with E-state index in [1.807, 2.05) is 19.9 Å². The highest BCUT2D eigenvalue weighted by Crippen LogP contribution is 2.26. The van der Waals surface area contributed by atoms with Gasteiger partial charge in [0, 0.05) is 17.7 Å². The van der Waals surface area contributed by atoms with Gasteiger partial charge in [0.15, 0.2) is 0 Å². The minimum atomic E-state index is -0.147. The molecule has 0 saturated heterocycles. The summed E-state index contributed by atoms with van der Waals surface area (Å²) in [4.78, 5) is 12.1. The van der Waals surface area contributed by atoms with Crippen LogP contribution in [0.2, 0.25) is 0 Å². The number of carbonyl (C=O) groups excluding carboxylic acids is 1. The first-order chi connectivity index (χ1) is 12.0. The summed E-state index contributed by atoms with van der Waals surface area (Å²) >= 11 is 0. The lowest BCUT2D eigenvalue weighted by Gasteiger charge is -2.15. The summed E-state index contributed by atoms with van der Waals surface area (Å²) in [7, 11) is 1.61. The van der Waals surface area contributed by atoms with Crippen molar-refractivity contribution in [1.82, 2.24) is 5.32 Å². The topological polar surface area (TPSA) is 47.6 Å². The van der Waals surface area contributed by atoms with Gasteiger partial charge < -0.3 is 14.8 Å². The van der Waals surface area contributed by atoms with Gasteiger partial charge in [0.25, 0.3) is 5.91 Å². The van der Waals surface area contributed by atoms with Crippen LogP contribution in [-0.4, -0.2) is 19.6 Å². The summed E-state index contributed by atoms with van der Waals surface area (Å²) in [6.45, 7) is 10.5. The number of rotatable bonds is 7. The summed E-state index contributed by atoms with van der Waals surface area (Å²) in [6, 6.07) is 9.48. The minimum Gasteiger partial charge on any atom is -0.496 e. The Morgan fingerprint density at radius 3 is 2.60 bits per heavy atom. The van der Waals surface area contributed by atoms with Gasteiger partial charge in [-0.15, -0.1) is 6.58 Å². The second-order valence-electron chi connectivity index (χ2n) is 6.02. The number of ether oxygens (including phenoxy) is 2. The van der Waals surface area contributed by atoms with E-state index in [1.54, 1.807) is 31.4 Å². The molecule has 0 bridgehead atoms. The zero-order valence-electron chi connectivity index (χ0n) is 15.3. The Bertz CT molecular complexity index is 781. The van der Waals surface area contributed by atoms with Gasteiger partial charge in [-0.25, -0.2) is 0 Å². The van der Waals surface area contributed by atoms with E-state index in [2.05, 4.69) is 24.9 Å². The number of carbonyl (C=O) groups is 1. The van der Waals surface area contributed by atoms with Crippen LogP contribution in [0.1, 0.15) is 32.6 Å². The Kier molecular flexibility index (Phi) is 6.23. The van der Waals surface area contributed by atoms with Gasteiger partial charge in [-0.2, -0.15) is 0 Å². The van der Waals surface area contributed by atoms with Crippen molar-refractivity contribution >= 4 is 5.91 Å². The van der Waals surface area contributed by atoms with Gasteiger partial charge in [0.2, 0.25) is 0 Å². The molecule has 0 spiro atoms. The maximum Gasteiger partial charge on any atom is 0.251 e. The molecule has 0 unspecified atom stereocenters. The molecule has 0 aromatic heterocycles. The Labute approximate surface area is 149 Å². The SMILES string of the molecule is C=CCNC(=O)c1ccc(OC)c(COc2cc(C)cc(C)c2C)c1. The Morgan fingerprint density at radius 1 is 1.16 bits per heavy atom. The van der Waals surface area contributed by atoms with Crippen LogP contribution in [0.3, 0.4) is 0 Å². The fourth-order valence-corrected chi connectivity index (χ4v) is 2.61. The molecule has 1 N–H and O–H groups in total. The van der Waals surface area contributed by atoms with E-state index in [1.165, 1.54) is 5.56 Å². The molecule has 2 aromatic rings. The van der Waals surface area contributed by atoms with Crippen molar-refractivity contribution in [2.45, 2.75) is 27.4 Å². The maximum absolute atomic E-state index is 12.1. The molecule has 0 fully saturated rings. The summed E-state index contributed by atoms with van der Waals surface area (Å²) in [5.41, 5.74) is 4.86. The lowest BCUT2D eigenvalue weighted by molar-refractivity contribution is 0.0958. The van der Waals surface area contributed by atoms with E-state index >= 15 is 0 Å². The average Bonchev–Trinajstić information content (AvgIpc) is 2.61. The molecule has 0 heterocycles. The number of methoxy groups -OCH3 is 1. The molecule has 0 atom stereocenters. The highest BCUT2D eigenvalue weighted by atomic mass is 16.5. The van der Waals surface area contributed by atoms with Gasteiger partial charge in [0.1, 0.15) is 18.1 Å². The van der Waals surface area contributed by atoms with Crippen molar-refractivity contribution in [1.29, 1.82) is 0 Å². The predicted molar refractivity (Wildman–Crippen MR) is 101 cm³/mol. The maximum atomic E-state index is 12.1. The van der Waals surface area contributed by atoms with Crippen molar-refractivity contribution in [3.63, 3.8) is 0 Å². The van der Waals surface area contributed by atoms with E-state index in [0.717, 1.165) is 22.4 Å². The third-order valence-corrected chi connectivity index (χ3v) is 4.10. The second-order valence-corrected chi connectivity index (χ2v) is 6.02. The fraction of sp³-hybridized carbons (Fsp3) is 0.286. The van der Waals surface area contributed by atoms with Gasteiger partial charge in [-0.05, 0) is 61.7 Å². The van der Waals surface area contributed by atoms with Gasteiger partial charge >= 0.3 is 0 Å². The first-order valence-corrected chi connectivity index (χ1v) is 8.23. The van der Waals surface area contributed by atoms with E-state index < -0.39 is 0 Å². The van der Waals surface area contributed by atoms with Crippen molar-refractivity contribution < 1.29 is 14.3 Å². The molecule has 2 aromatic carbocycles. The summed E-state index contributed by atoms with van der Waals surface area (Å²) in [5, 5.41) is 2.77. The average molecular weight is 339 g/mol. The molecule has 0 radical (unpaired) electrons. The zero-order chi connectivity index (χ0) is 18.4. The molecule has 4 nitrogen and oxygen atoms in total. The summed E-state index contributed by atoms with van der Waals surface area (Å²) in [5.74, 6) is 1.40. The largest absolute Gasteiger partial charge is 0.496 e. The third-order valence-electron chi connectivity index (χ3n) is 4.10. The second kappa shape index (κ2) is 8.38. The first-order valence-electron chi connectivity index (χ1n) is 8.23. The molecule has 2 rings (SSSR count). The van der Waals surface area contributed by atoms with Crippen LogP contribution in [0.5, 0.6) is 11.5 Å². The number of aryl methyl sites for hydroxylation is 2. The van der Waals surface area contributed by atoms with E-state index in [4.69, 9.17) is 9.47 Å². The molecule has 4 heteroatoms. The van der Waals surface area contributed by atoms with Crippen LogP contribution < -0.4 is 14.8 Å². The Morgan fingerprint density at radius 2 is 1.92 bits per heavy atom. The van der Waals surface area contributed by atoms with Crippen molar-refractivity contribution in [2.24, 2.45) is 0 Å². The van der Waals surface area contributed by atoms with E-state index in [9.17, 15) is 4.79 Å². The molecule has 1 amide bonds.